The number of aromatic nitrogens is 1. The average Bonchev–Trinajstić information content (AvgIpc) is 2.56. The Morgan fingerprint density at radius 2 is 1.61 bits per heavy atom. The van der Waals surface area contributed by atoms with Gasteiger partial charge in [0.2, 0.25) is 0 Å². The van der Waals surface area contributed by atoms with E-state index in [-0.39, 0.29) is 11.3 Å². The molecule has 0 saturated heterocycles. The van der Waals surface area contributed by atoms with Crippen LogP contribution in [0.15, 0.2) is 24.4 Å². The van der Waals surface area contributed by atoms with Crippen molar-refractivity contribution in [2.75, 3.05) is 0 Å². The number of halogens is 4. The van der Waals surface area contributed by atoms with Crippen LogP contribution in [0.5, 0.6) is 0 Å². The van der Waals surface area contributed by atoms with E-state index in [1.54, 1.807) is 12.1 Å². The zero-order valence-corrected chi connectivity index (χ0v) is 13.0. The third-order valence-corrected chi connectivity index (χ3v) is 3.77. The SMILES string of the molecule is CCCCCCCc1ccnc(-c2cc(F)c(F)c(F)c2F)c1. The van der Waals surface area contributed by atoms with Crippen LogP contribution in [0.3, 0.4) is 0 Å². The molecule has 2 aromatic rings. The summed E-state index contributed by atoms with van der Waals surface area (Å²) in [4.78, 5) is 3.94. The van der Waals surface area contributed by atoms with E-state index < -0.39 is 23.3 Å². The minimum Gasteiger partial charge on any atom is -0.256 e. The highest BCUT2D eigenvalue weighted by atomic mass is 19.2. The third-order valence-electron chi connectivity index (χ3n) is 3.77. The Hall–Kier alpha value is -1.91. The molecule has 124 valence electrons. The van der Waals surface area contributed by atoms with E-state index in [1.165, 1.54) is 19.0 Å². The molecule has 0 bridgehead atoms. The molecule has 0 N–H and O–H groups in total. The van der Waals surface area contributed by atoms with Crippen molar-refractivity contribution in [1.82, 2.24) is 4.98 Å². The molecule has 0 aliphatic rings. The molecule has 1 aromatic heterocycles. The van der Waals surface area contributed by atoms with Gasteiger partial charge in [-0.15, -0.1) is 0 Å². The van der Waals surface area contributed by atoms with Gasteiger partial charge in [0, 0.05) is 11.8 Å². The normalized spacial score (nSPS) is 11.0. The molecule has 1 aromatic carbocycles. The molecule has 0 amide bonds. The minimum atomic E-state index is -1.81. The van der Waals surface area contributed by atoms with Crippen molar-refractivity contribution in [3.05, 3.63) is 53.2 Å². The zero-order chi connectivity index (χ0) is 16.8. The summed E-state index contributed by atoms with van der Waals surface area (Å²) in [6.45, 7) is 2.14. The van der Waals surface area contributed by atoms with Gasteiger partial charge in [-0.25, -0.2) is 17.6 Å². The number of pyridine rings is 1. The molecule has 0 saturated carbocycles. The first-order chi connectivity index (χ1) is 11.0. The predicted molar refractivity (Wildman–Crippen MR) is 82.0 cm³/mol. The number of hydrogen-bond donors (Lipinski definition) is 0. The lowest BCUT2D eigenvalue weighted by molar-refractivity contribution is 0.410. The Balaban J connectivity index is 2.17. The van der Waals surface area contributed by atoms with Crippen molar-refractivity contribution in [2.24, 2.45) is 0 Å². The number of nitrogens with zero attached hydrogens (tertiary/aromatic N) is 1. The van der Waals surface area contributed by atoms with Gasteiger partial charge in [0.15, 0.2) is 23.3 Å². The molecule has 1 heterocycles. The fourth-order valence-corrected chi connectivity index (χ4v) is 2.47. The molecule has 0 aliphatic heterocycles. The fraction of sp³-hybridized carbons (Fsp3) is 0.389. The lowest BCUT2D eigenvalue weighted by atomic mass is 10.0. The van der Waals surface area contributed by atoms with Gasteiger partial charge in [0.1, 0.15) is 0 Å². The van der Waals surface area contributed by atoms with Crippen molar-refractivity contribution in [1.29, 1.82) is 0 Å². The van der Waals surface area contributed by atoms with Gasteiger partial charge in [0.05, 0.1) is 5.69 Å². The molecule has 0 fully saturated rings. The lowest BCUT2D eigenvalue weighted by Gasteiger charge is -2.07. The highest BCUT2D eigenvalue weighted by molar-refractivity contribution is 5.61. The zero-order valence-electron chi connectivity index (χ0n) is 13.0. The van der Waals surface area contributed by atoms with Crippen LogP contribution in [-0.4, -0.2) is 4.98 Å². The summed E-state index contributed by atoms with van der Waals surface area (Å²) in [6.07, 6.45) is 7.86. The summed E-state index contributed by atoms with van der Waals surface area (Å²) in [5.74, 6) is -6.47. The third kappa shape index (κ3) is 4.30. The van der Waals surface area contributed by atoms with E-state index in [9.17, 15) is 17.6 Å². The molecule has 23 heavy (non-hydrogen) atoms. The van der Waals surface area contributed by atoms with E-state index in [4.69, 9.17) is 0 Å². The van der Waals surface area contributed by atoms with Crippen LogP contribution < -0.4 is 0 Å². The molecule has 1 nitrogen and oxygen atoms in total. The second-order valence-electron chi connectivity index (χ2n) is 5.56. The summed E-state index contributed by atoms with van der Waals surface area (Å²) < 4.78 is 53.5. The molecular formula is C18H19F4N. The quantitative estimate of drug-likeness (QED) is 0.271. The topological polar surface area (TPSA) is 12.9 Å². The van der Waals surface area contributed by atoms with E-state index in [0.29, 0.717) is 6.07 Å². The van der Waals surface area contributed by atoms with Crippen LogP contribution in [0.25, 0.3) is 11.3 Å². The standard InChI is InChI=1S/C18H19F4N/c1-2-3-4-5-6-7-12-8-9-23-15(10-12)13-11-14(19)17(21)18(22)16(13)20/h8-11H,2-7H2,1H3. The van der Waals surface area contributed by atoms with Gasteiger partial charge in [0.25, 0.3) is 0 Å². The van der Waals surface area contributed by atoms with E-state index >= 15 is 0 Å². The highest BCUT2D eigenvalue weighted by Gasteiger charge is 2.20. The first kappa shape index (κ1) is 17.4. The van der Waals surface area contributed by atoms with Crippen LogP contribution in [0, 0.1) is 23.3 Å². The number of aryl methyl sites for hydroxylation is 1. The summed E-state index contributed by atoms with van der Waals surface area (Å²) >= 11 is 0. The molecule has 5 heteroatoms. The highest BCUT2D eigenvalue weighted by Crippen LogP contribution is 2.27. The Morgan fingerprint density at radius 1 is 0.870 bits per heavy atom. The smallest absolute Gasteiger partial charge is 0.198 e. The van der Waals surface area contributed by atoms with Gasteiger partial charge >= 0.3 is 0 Å². The number of unbranched alkanes of at least 4 members (excludes halogenated alkanes) is 4. The second kappa shape index (κ2) is 8.09. The van der Waals surface area contributed by atoms with Crippen LogP contribution >= 0.6 is 0 Å². The van der Waals surface area contributed by atoms with E-state index in [2.05, 4.69) is 11.9 Å². The van der Waals surface area contributed by atoms with Gasteiger partial charge in [-0.3, -0.25) is 4.98 Å². The largest absolute Gasteiger partial charge is 0.256 e. The van der Waals surface area contributed by atoms with Crippen LogP contribution in [0.4, 0.5) is 17.6 Å². The second-order valence-corrected chi connectivity index (χ2v) is 5.56. The van der Waals surface area contributed by atoms with Crippen molar-refractivity contribution < 1.29 is 17.6 Å². The monoisotopic (exact) mass is 325 g/mol. The molecule has 0 atom stereocenters. The Bertz CT molecular complexity index is 670. The van der Waals surface area contributed by atoms with Crippen LogP contribution in [0.1, 0.15) is 44.6 Å². The molecule has 0 aliphatic carbocycles. The maximum absolute atomic E-state index is 13.8. The number of hydrogen-bond acceptors (Lipinski definition) is 1. The summed E-state index contributed by atoms with van der Waals surface area (Å²) in [5.41, 5.74) is 0.650. The van der Waals surface area contributed by atoms with Crippen molar-refractivity contribution in [3.63, 3.8) is 0 Å². The lowest BCUT2D eigenvalue weighted by Crippen LogP contribution is -2.00. The Kier molecular flexibility index (Phi) is 6.13. The Morgan fingerprint density at radius 3 is 2.35 bits per heavy atom. The summed E-state index contributed by atoms with van der Waals surface area (Å²) in [5, 5.41) is 0. The molecule has 0 spiro atoms. The van der Waals surface area contributed by atoms with Crippen molar-refractivity contribution in [3.8, 4) is 11.3 Å². The predicted octanol–water partition coefficient (Wildman–Crippen LogP) is 5.82. The first-order valence-electron chi connectivity index (χ1n) is 7.83. The van der Waals surface area contributed by atoms with Crippen LogP contribution in [-0.2, 0) is 6.42 Å². The van der Waals surface area contributed by atoms with Gasteiger partial charge in [-0.05, 0) is 36.6 Å². The van der Waals surface area contributed by atoms with E-state index in [0.717, 1.165) is 31.2 Å². The van der Waals surface area contributed by atoms with Crippen molar-refractivity contribution in [2.45, 2.75) is 45.4 Å². The maximum atomic E-state index is 13.8. The molecule has 0 radical (unpaired) electrons. The van der Waals surface area contributed by atoms with Crippen molar-refractivity contribution >= 4 is 0 Å². The average molecular weight is 325 g/mol. The maximum Gasteiger partial charge on any atom is 0.198 e. The van der Waals surface area contributed by atoms with Gasteiger partial charge in [-0.2, -0.15) is 0 Å². The van der Waals surface area contributed by atoms with E-state index in [1.807, 2.05) is 0 Å². The summed E-state index contributed by atoms with van der Waals surface area (Å²) in [7, 11) is 0. The Labute approximate surface area is 133 Å². The fourth-order valence-electron chi connectivity index (χ4n) is 2.47. The number of rotatable bonds is 7. The molecule has 0 unspecified atom stereocenters. The minimum absolute atomic E-state index is 0.103. The summed E-state index contributed by atoms with van der Waals surface area (Å²) in [6, 6.07) is 4.02. The van der Waals surface area contributed by atoms with Gasteiger partial charge in [-0.1, -0.05) is 32.6 Å². The first-order valence-corrected chi connectivity index (χ1v) is 7.83. The van der Waals surface area contributed by atoms with Gasteiger partial charge < -0.3 is 0 Å². The molecular weight excluding hydrogens is 306 g/mol. The van der Waals surface area contributed by atoms with Crippen LogP contribution in [0.2, 0.25) is 0 Å². The number of benzene rings is 1. The molecule has 2 rings (SSSR count).